The zero-order valence-electron chi connectivity index (χ0n) is 8.67. The van der Waals surface area contributed by atoms with Crippen molar-refractivity contribution >= 4 is 12.2 Å². The molecule has 3 rings (SSSR count). The van der Waals surface area contributed by atoms with Gasteiger partial charge in [0.05, 0.1) is 19.4 Å². The average molecular weight is 213 g/mol. The van der Waals surface area contributed by atoms with Crippen LogP contribution in [0.25, 0.3) is 0 Å². The predicted octanol–water partition coefficient (Wildman–Crippen LogP) is 1.28. The van der Waals surface area contributed by atoms with Gasteiger partial charge in [0.2, 0.25) is 0 Å². The highest BCUT2D eigenvalue weighted by Crippen LogP contribution is 2.13. The molecular weight excluding hydrogens is 202 g/mol. The molecule has 80 valence electrons. The maximum absolute atomic E-state index is 4.38. The van der Waals surface area contributed by atoms with E-state index in [0.29, 0.717) is 13.1 Å². The highest BCUT2D eigenvalue weighted by atomic mass is 15.5. The third-order valence-electron chi connectivity index (χ3n) is 2.43. The zero-order valence-corrected chi connectivity index (χ0v) is 8.67. The molecule has 2 heterocycles. The first-order chi connectivity index (χ1) is 7.92. The number of aliphatic imine (C=N–C) groups is 1. The van der Waals surface area contributed by atoms with E-state index >= 15 is 0 Å². The van der Waals surface area contributed by atoms with Gasteiger partial charge in [-0.3, -0.25) is 4.99 Å². The van der Waals surface area contributed by atoms with E-state index in [9.17, 15) is 0 Å². The highest BCUT2D eigenvalue weighted by molar-refractivity contribution is 5.76. The lowest BCUT2D eigenvalue weighted by Crippen LogP contribution is -2.04. The molecule has 0 saturated carbocycles. The van der Waals surface area contributed by atoms with Crippen LogP contribution < -0.4 is 5.32 Å². The number of anilines is 1. The summed E-state index contributed by atoms with van der Waals surface area (Å²) >= 11 is 0. The Labute approximate surface area is 92.8 Å². The van der Waals surface area contributed by atoms with Crippen LogP contribution in [0.3, 0.4) is 0 Å². The first kappa shape index (κ1) is 9.08. The summed E-state index contributed by atoms with van der Waals surface area (Å²) in [6.07, 6.45) is 1.66. The molecule has 1 aliphatic rings. The molecule has 5 nitrogen and oxygen atoms in total. The second-order valence-corrected chi connectivity index (χ2v) is 3.63. The lowest BCUT2D eigenvalue weighted by molar-refractivity contribution is 0.586. The summed E-state index contributed by atoms with van der Waals surface area (Å²) < 4.78 is 0. The summed E-state index contributed by atoms with van der Waals surface area (Å²) in [6, 6.07) is 10.2. The zero-order chi connectivity index (χ0) is 10.8. The van der Waals surface area contributed by atoms with Gasteiger partial charge in [-0.15, -0.1) is 5.10 Å². The quantitative estimate of drug-likeness (QED) is 0.817. The molecule has 1 aromatic carbocycles. The van der Waals surface area contributed by atoms with Crippen molar-refractivity contribution in [3.05, 3.63) is 41.6 Å². The molecule has 0 spiro atoms. The van der Waals surface area contributed by atoms with Gasteiger partial charge in [0.15, 0.2) is 5.82 Å². The number of nitrogens with zero attached hydrogens (tertiary/aromatic N) is 4. The van der Waals surface area contributed by atoms with Crippen LogP contribution in [0.4, 0.5) is 5.82 Å². The molecule has 5 heteroatoms. The molecular formula is C11H11N5. The van der Waals surface area contributed by atoms with E-state index in [1.807, 2.05) is 18.2 Å². The molecule has 0 radical (unpaired) electrons. The summed E-state index contributed by atoms with van der Waals surface area (Å²) in [5.74, 6) is 0.811. The fourth-order valence-corrected chi connectivity index (χ4v) is 1.66. The molecule has 1 N–H and O–H groups in total. The molecule has 1 aliphatic heterocycles. The smallest absolute Gasteiger partial charge is 0.178 e. The number of aromatic nitrogens is 3. The Balaban J connectivity index is 1.83. The number of fused-ring (bicyclic) bond motifs is 1. The molecule has 0 saturated heterocycles. The highest BCUT2D eigenvalue weighted by Gasteiger charge is 2.12. The summed E-state index contributed by atoms with van der Waals surface area (Å²) in [7, 11) is 0. The van der Waals surface area contributed by atoms with Gasteiger partial charge in [-0.1, -0.05) is 30.3 Å². The minimum Gasteiger partial charge on any atom is -0.328 e. The van der Waals surface area contributed by atoms with Crippen molar-refractivity contribution in [2.45, 2.75) is 13.1 Å². The van der Waals surface area contributed by atoms with E-state index in [1.165, 1.54) is 5.56 Å². The van der Waals surface area contributed by atoms with Gasteiger partial charge in [-0.25, -0.2) is 0 Å². The Morgan fingerprint density at radius 3 is 2.88 bits per heavy atom. The van der Waals surface area contributed by atoms with E-state index in [0.717, 1.165) is 11.5 Å². The first-order valence-electron chi connectivity index (χ1n) is 5.14. The number of rotatable bonds is 2. The van der Waals surface area contributed by atoms with Gasteiger partial charge in [0.25, 0.3) is 0 Å². The Morgan fingerprint density at radius 1 is 1.19 bits per heavy atom. The second-order valence-electron chi connectivity index (χ2n) is 3.63. The van der Waals surface area contributed by atoms with Crippen molar-refractivity contribution in [2.75, 3.05) is 5.32 Å². The number of benzene rings is 1. The Hall–Kier alpha value is -2.17. The third-order valence-corrected chi connectivity index (χ3v) is 2.43. The van der Waals surface area contributed by atoms with Gasteiger partial charge in [-0.05, 0) is 5.56 Å². The van der Waals surface area contributed by atoms with Crippen molar-refractivity contribution < 1.29 is 0 Å². The SMILES string of the molecule is C1=NCc2nn(Cc3ccccc3)nc2N1. The number of hydrogen-bond donors (Lipinski definition) is 1. The van der Waals surface area contributed by atoms with Crippen molar-refractivity contribution in [1.29, 1.82) is 0 Å². The molecule has 1 aromatic heterocycles. The van der Waals surface area contributed by atoms with Crippen LogP contribution >= 0.6 is 0 Å². The standard InChI is InChI=1S/C11H11N5/c1-2-4-9(5-3-1)7-16-14-10-6-12-8-13-11(10)15-16/h1-5,8H,6-7H2,(H,12,13,15). The monoisotopic (exact) mass is 213 g/mol. The van der Waals surface area contributed by atoms with Crippen molar-refractivity contribution in [2.24, 2.45) is 4.99 Å². The van der Waals surface area contributed by atoms with Gasteiger partial charge < -0.3 is 5.32 Å². The first-order valence-corrected chi connectivity index (χ1v) is 5.14. The van der Waals surface area contributed by atoms with Crippen molar-refractivity contribution in [1.82, 2.24) is 15.0 Å². The summed E-state index contributed by atoms with van der Waals surface area (Å²) in [6.45, 7) is 1.30. The molecule has 0 bridgehead atoms. The van der Waals surface area contributed by atoms with Crippen molar-refractivity contribution in [3.63, 3.8) is 0 Å². The Morgan fingerprint density at radius 2 is 2.06 bits per heavy atom. The Kier molecular flexibility index (Phi) is 2.14. The van der Waals surface area contributed by atoms with E-state index in [-0.39, 0.29) is 0 Å². The van der Waals surface area contributed by atoms with Crippen LogP contribution in [0.2, 0.25) is 0 Å². The summed E-state index contributed by atoms with van der Waals surface area (Å²) in [4.78, 5) is 5.78. The van der Waals surface area contributed by atoms with Crippen LogP contribution in [-0.2, 0) is 13.1 Å². The van der Waals surface area contributed by atoms with Crippen LogP contribution in [-0.4, -0.2) is 21.3 Å². The molecule has 0 amide bonds. The van der Waals surface area contributed by atoms with E-state index in [2.05, 4.69) is 32.6 Å². The normalized spacial score (nSPS) is 13.2. The largest absolute Gasteiger partial charge is 0.328 e. The molecule has 0 fully saturated rings. The number of nitrogens with one attached hydrogen (secondary N) is 1. The maximum Gasteiger partial charge on any atom is 0.178 e. The van der Waals surface area contributed by atoms with E-state index < -0.39 is 0 Å². The lowest BCUT2D eigenvalue weighted by atomic mass is 10.2. The van der Waals surface area contributed by atoms with Crippen LogP contribution in [0.5, 0.6) is 0 Å². The van der Waals surface area contributed by atoms with Gasteiger partial charge in [0.1, 0.15) is 5.69 Å². The van der Waals surface area contributed by atoms with E-state index in [4.69, 9.17) is 0 Å². The fraction of sp³-hybridized carbons (Fsp3) is 0.182. The topological polar surface area (TPSA) is 55.1 Å². The molecule has 0 unspecified atom stereocenters. The average Bonchev–Trinajstić information content (AvgIpc) is 2.72. The molecule has 2 aromatic rings. The summed E-state index contributed by atoms with van der Waals surface area (Å²) in [5.41, 5.74) is 2.09. The second kappa shape index (κ2) is 3.77. The van der Waals surface area contributed by atoms with Gasteiger partial charge >= 0.3 is 0 Å². The van der Waals surface area contributed by atoms with Gasteiger partial charge in [0, 0.05) is 0 Å². The number of hydrogen-bond acceptors (Lipinski definition) is 4. The minimum absolute atomic E-state index is 0.608. The molecule has 0 aliphatic carbocycles. The van der Waals surface area contributed by atoms with Crippen LogP contribution in [0.1, 0.15) is 11.3 Å². The molecule has 16 heavy (non-hydrogen) atoms. The van der Waals surface area contributed by atoms with Crippen LogP contribution in [0, 0.1) is 0 Å². The lowest BCUT2D eigenvalue weighted by Gasteiger charge is -2.00. The van der Waals surface area contributed by atoms with E-state index in [1.54, 1.807) is 11.1 Å². The van der Waals surface area contributed by atoms with Gasteiger partial charge in [-0.2, -0.15) is 9.90 Å². The summed E-state index contributed by atoms with van der Waals surface area (Å²) in [5, 5.41) is 11.7. The minimum atomic E-state index is 0.608. The fourth-order valence-electron chi connectivity index (χ4n) is 1.66. The predicted molar refractivity (Wildman–Crippen MR) is 61.4 cm³/mol. The maximum atomic E-state index is 4.38. The Bertz CT molecular complexity index is 489. The third kappa shape index (κ3) is 1.67. The van der Waals surface area contributed by atoms with Crippen molar-refractivity contribution in [3.8, 4) is 0 Å². The molecule has 0 atom stereocenters. The van der Waals surface area contributed by atoms with Crippen LogP contribution in [0.15, 0.2) is 35.3 Å².